The smallest absolute Gasteiger partial charge is 0.298 e. The van der Waals surface area contributed by atoms with Gasteiger partial charge in [-0.25, -0.2) is 24.5 Å². The van der Waals surface area contributed by atoms with E-state index >= 15 is 0 Å². The van der Waals surface area contributed by atoms with Crippen molar-refractivity contribution >= 4 is 39.9 Å². The first-order chi connectivity index (χ1) is 19.6. The molecule has 1 amide bonds. The second kappa shape index (κ2) is 9.50. The van der Waals surface area contributed by atoms with E-state index in [1.54, 1.807) is 11.4 Å². The summed E-state index contributed by atoms with van der Waals surface area (Å²) < 4.78 is 7.80. The Morgan fingerprint density at radius 2 is 1.98 bits per heavy atom. The number of ether oxygens (including phenoxy) is 1. The van der Waals surface area contributed by atoms with Gasteiger partial charge in [0.25, 0.3) is 5.91 Å². The van der Waals surface area contributed by atoms with Crippen LogP contribution in [0.25, 0.3) is 16.7 Å². The number of pyridine rings is 2. The molecule has 4 aromatic heterocycles. The standard InChI is InChI=1S/C29H25N9O2/c1-3-4-27(39)37-15-20-12-21(37)14-36(20)25-8-6-23-28(35-25)29(32-16-30-23)34-19-5-7-24(18(2)11-19)40-22-9-10-38-26(13-22)31-17-33-38/h5-11,13,16-17,20-21H,12,14-15H2,1-2H3,(H,30,32,34). The van der Waals surface area contributed by atoms with Gasteiger partial charge in [0.1, 0.15) is 35.5 Å². The molecule has 11 nitrogen and oxygen atoms in total. The van der Waals surface area contributed by atoms with E-state index in [2.05, 4.69) is 42.1 Å². The number of anilines is 3. The van der Waals surface area contributed by atoms with Crippen molar-refractivity contribution in [2.24, 2.45) is 0 Å². The molecule has 0 radical (unpaired) electrons. The van der Waals surface area contributed by atoms with Crippen LogP contribution in [0.15, 0.2) is 61.3 Å². The Labute approximate surface area is 229 Å². The molecule has 40 heavy (non-hydrogen) atoms. The summed E-state index contributed by atoms with van der Waals surface area (Å²) >= 11 is 0. The Morgan fingerprint density at radius 1 is 1.05 bits per heavy atom. The summed E-state index contributed by atoms with van der Waals surface area (Å²) in [6.45, 7) is 5.08. The summed E-state index contributed by atoms with van der Waals surface area (Å²) in [5.74, 6) is 8.20. The Bertz CT molecular complexity index is 1840. The molecule has 0 spiro atoms. The van der Waals surface area contributed by atoms with Crippen LogP contribution in [0.2, 0.25) is 0 Å². The van der Waals surface area contributed by atoms with Crippen LogP contribution in [0, 0.1) is 18.8 Å². The lowest BCUT2D eigenvalue weighted by Gasteiger charge is -2.34. The summed E-state index contributed by atoms with van der Waals surface area (Å²) in [6.07, 6.45) is 5.78. The molecule has 2 atom stereocenters. The van der Waals surface area contributed by atoms with Gasteiger partial charge in [-0.2, -0.15) is 5.10 Å². The van der Waals surface area contributed by atoms with Crippen molar-refractivity contribution in [1.29, 1.82) is 0 Å². The minimum atomic E-state index is -0.0934. The summed E-state index contributed by atoms with van der Waals surface area (Å²) in [7, 11) is 0. The number of rotatable bonds is 5. The molecule has 1 aromatic carbocycles. The molecule has 2 saturated heterocycles. The highest BCUT2D eigenvalue weighted by atomic mass is 16.5. The molecule has 6 heterocycles. The molecule has 2 bridgehead atoms. The molecule has 5 aromatic rings. The van der Waals surface area contributed by atoms with Crippen molar-refractivity contribution in [2.75, 3.05) is 23.3 Å². The predicted octanol–water partition coefficient (Wildman–Crippen LogP) is 3.72. The molecule has 7 rings (SSSR count). The average molecular weight is 532 g/mol. The number of carbonyl (C=O) groups is 1. The molecule has 1 N–H and O–H groups in total. The quantitative estimate of drug-likeness (QED) is 0.339. The molecule has 0 aliphatic carbocycles. The van der Waals surface area contributed by atoms with Crippen molar-refractivity contribution in [3.63, 3.8) is 0 Å². The first-order valence-corrected chi connectivity index (χ1v) is 13.0. The van der Waals surface area contributed by atoms with Crippen molar-refractivity contribution < 1.29 is 9.53 Å². The Morgan fingerprint density at radius 3 is 2.80 bits per heavy atom. The number of carbonyl (C=O) groups excluding carboxylic acids is 1. The van der Waals surface area contributed by atoms with E-state index in [-0.39, 0.29) is 18.0 Å². The average Bonchev–Trinajstić information content (AvgIpc) is 3.71. The normalized spacial score (nSPS) is 17.8. The van der Waals surface area contributed by atoms with E-state index in [1.807, 2.05) is 60.5 Å². The maximum atomic E-state index is 12.3. The van der Waals surface area contributed by atoms with E-state index in [4.69, 9.17) is 9.72 Å². The lowest BCUT2D eigenvalue weighted by molar-refractivity contribution is -0.126. The minimum absolute atomic E-state index is 0.0934. The highest BCUT2D eigenvalue weighted by Gasteiger charge is 2.45. The van der Waals surface area contributed by atoms with Crippen LogP contribution in [0.1, 0.15) is 18.9 Å². The van der Waals surface area contributed by atoms with Gasteiger partial charge in [0.2, 0.25) is 0 Å². The van der Waals surface area contributed by atoms with E-state index in [1.165, 1.54) is 12.7 Å². The Hall–Kier alpha value is -5.24. The van der Waals surface area contributed by atoms with Crippen LogP contribution in [0.5, 0.6) is 11.5 Å². The molecule has 2 fully saturated rings. The molecule has 198 valence electrons. The van der Waals surface area contributed by atoms with Gasteiger partial charge in [0.15, 0.2) is 11.5 Å². The third kappa shape index (κ3) is 4.19. The van der Waals surface area contributed by atoms with Gasteiger partial charge in [-0.15, -0.1) is 0 Å². The summed E-state index contributed by atoms with van der Waals surface area (Å²) in [5.41, 5.74) is 3.97. The molecule has 2 aliphatic heterocycles. The maximum absolute atomic E-state index is 12.3. The van der Waals surface area contributed by atoms with Gasteiger partial charge in [-0.1, -0.05) is 5.92 Å². The summed E-state index contributed by atoms with van der Waals surface area (Å²) in [4.78, 5) is 34.6. The monoisotopic (exact) mass is 531 g/mol. The summed E-state index contributed by atoms with van der Waals surface area (Å²) in [5, 5.41) is 7.53. The minimum Gasteiger partial charge on any atom is -0.457 e. The SMILES string of the molecule is CC#CC(=O)N1CC2CC1CN2c1ccc2ncnc(Nc3ccc(Oc4ccn5ncnc5c4)c(C)c3)c2n1. The highest BCUT2D eigenvalue weighted by molar-refractivity contribution is 5.94. The van der Waals surface area contributed by atoms with Crippen molar-refractivity contribution in [3.05, 3.63) is 66.9 Å². The van der Waals surface area contributed by atoms with Crippen LogP contribution >= 0.6 is 0 Å². The van der Waals surface area contributed by atoms with Crippen LogP contribution < -0.4 is 15.0 Å². The van der Waals surface area contributed by atoms with Gasteiger partial charge in [0.05, 0.1) is 17.6 Å². The topological polar surface area (TPSA) is 114 Å². The second-order valence-corrected chi connectivity index (χ2v) is 9.92. The molecule has 0 saturated carbocycles. The number of likely N-dealkylation sites (tertiary alicyclic amines) is 1. The zero-order chi connectivity index (χ0) is 27.2. The van der Waals surface area contributed by atoms with Gasteiger partial charge in [-0.3, -0.25) is 4.79 Å². The number of benzene rings is 1. The number of piperazine rings is 1. The lowest BCUT2D eigenvalue weighted by Crippen LogP contribution is -2.48. The number of aryl methyl sites for hydroxylation is 1. The molecule has 2 aliphatic rings. The van der Waals surface area contributed by atoms with E-state index in [0.717, 1.165) is 41.3 Å². The number of nitrogens with zero attached hydrogens (tertiary/aromatic N) is 8. The zero-order valence-electron chi connectivity index (χ0n) is 21.9. The molecule has 2 unspecified atom stereocenters. The van der Waals surface area contributed by atoms with Crippen LogP contribution in [-0.2, 0) is 4.79 Å². The van der Waals surface area contributed by atoms with Gasteiger partial charge in [0, 0.05) is 31.0 Å². The van der Waals surface area contributed by atoms with Crippen LogP contribution in [-0.4, -0.2) is 65.5 Å². The largest absolute Gasteiger partial charge is 0.457 e. The van der Waals surface area contributed by atoms with Gasteiger partial charge < -0.3 is 19.9 Å². The molecule has 11 heteroatoms. The van der Waals surface area contributed by atoms with E-state index < -0.39 is 0 Å². The fourth-order valence-electron chi connectivity index (χ4n) is 5.52. The fraction of sp³-hybridized carbons (Fsp3) is 0.241. The van der Waals surface area contributed by atoms with Gasteiger partial charge >= 0.3 is 0 Å². The fourth-order valence-corrected chi connectivity index (χ4v) is 5.52. The third-order valence-electron chi connectivity index (χ3n) is 7.41. The van der Waals surface area contributed by atoms with Crippen molar-refractivity contribution in [3.8, 4) is 23.3 Å². The van der Waals surface area contributed by atoms with Gasteiger partial charge in [-0.05, 0) is 68.2 Å². The highest BCUT2D eigenvalue weighted by Crippen LogP contribution is 2.35. The predicted molar refractivity (Wildman–Crippen MR) is 150 cm³/mol. The second-order valence-electron chi connectivity index (χ2n) is 9.92. The van der Waals surface area contributed by atoms with Crippen LogP contribution in [0.3, 0.4) is 0 Å². The van der Waals surface area contributed by atoms with Crippen molar-refractivity contribution in [1.82, 2.24) is 34.4 Å². The van der Waals surface area contributed by atoms with E-state index in [9.17, 15) is 4.79 Å². The first-order valence-electron chi connectivity index (χ1n) is 13.0. The molecular formula is C29H25N9O2. The van der Waals surface area contributed by atoms with E-state index in [0.29, 0.717) is 29.3 Å². The zero-order valence-corrected chi connectivity index (χ0v) is 21.9. The third-order valence-corrected chi connectivity index (χ3v) is 7.41. The lowest BCUT2D eigenvalue weighted by atomic mass is 10.2. The molecular weight excluding hydrogens is 506 g/mol. The Kier molecular flexibility index (Phi) is 5.66. The number of amides is 1. The number of aromatic nitrogens is 6. The number of fused-ring (bicyclic) bond motifs is 4. The number of hydrogen-bond acceptors (Lipinski definition) is 9. The number of hydrogen-bond donors (Lipinski definition) is 1. The number of nitrogens with one attached hydrogen (secondary N) is 1. The van der Waals surface area contributed by atoms with Crippen molar-refractivity contribution in [2.45, 2.75) is 32.4 Å². The maximum Gasteiger partial charge on any atom is 0.298 e. The summed E-state index contributed by atoms with van der Waals surface area (Å²) in [6, 6.07) is 13.9. The first kappa shape index (κ1) is 23.8. The Balaban J connectivity index is 1.11. The van der Waals surface area contributed by atoms with Crippen LogP contribution in [0.4, 0.5) is 17.3 Å².